The molecule has 1 N–H and O–H groups in total. The summed E-state index contributed by atoms with van der Waals surface area (Å²) in [5, 5.41) is 3.55. The van der Waals surface area contributed by atoms with Gasteiger partial charge in [-0.05, 0) is 60.8 Å². The van der Waals surface area contributed by atoms with Crippen LogP contribution in [0.15, 0.2) is 59.4 Å². The molecule has 12 heteroatoms. The second-order valence-corrected chi connectivity index (χ2v) is 8.96. The van der Waals surface area contributed by atoms with E-state index < -0.39 is 23.7 Å². The molecule has 0 bridgehead atoms. The van der Waals surface area contributed by atoms with Crippen molar-refractivity contribution >= 4 is 35.1 Å². The average molecular weight is 571 g/mol. The maximum Gasteiger partial charge on any atom is 0.491 e. The van der Waals surface area contributed by atoms with Crippen molar-refractivity contribution in [2.75, 3.05) is 13.7 Å². The van der Waals surface area contributed by atoms with Gasteiger partial charge in [-0.1, -0.05) is 47.5 Å². The Kier molecular flexibility index (Phi) is 9.96. The lowest BCUT2D eigenvalue weighted by Crippen LogP contribution is -2.29. The van der Waals surface area contributed by atoms with E-state index in [1.807, 2.05) is 24.3 Å². The number of carbonyl (C=O) groups excluding carboxylic acids is 2. The number of hydrogen-bond acceptors (Lipinski definition) is 6. The van der Waals surface area contributed by atoms with E-state index in [1.165, 1.54) is 34.9 Å². The van der Waals surface area contributed by atoms with E-state index in [0.29, 0.717) is 35.8 Å². The number of nitrogens with one attached hydrogen (secondary N) is 1. The monoisotopic (exact) mass is 570 g/mol. The van der Waals surface area contributed by atoms with Gasteiger partial charge in [0.25, 0.3) is 5.56 Å². The van der Waals surface area contributed by atoms with Crippen molar-refractivity contribution in [1.82, 2.24) is 9.88 Å². The smallest absolute Gasteiger partial charge is 0.491 e. The van der Waals surface area contributed by atoms with Crippen LogP contribution in [0.4, 0.5) is 13.2 Å². The molecule has 0 atom stereocenters. The van der Waals surface area contributed by atoms with Crippen molar-refractivity contribution in [2.45, 2.75) is 32.1 Å². The first-order valence-corrected chi connectivity index (χ1v) is 12.1. The number of hydrogen-bond donors (Lipinski definition) is 1. The summed E-state index contributed by atoms with van der Waals surface area (Å²) in [5.74, 6) is -3.25. The molecule has 3 aromatic rings. The quantitative estimate of drug-likeness (QED) is 0.210. The molecule has 0 saturated carbocycles. The third-order valence-electron chi connectivity index (χ3n) is 5.55. The van der Waals surface area contributed by atoms with Gasteiger partial charge in [-0.25, -0.2) is 9.59 Å². The predicted octanol–water partition coefficient (Wildman–Crippen LogP) is 4.98. The van der Waals surface area contributed by atoms with Crippen molar-refractivity contribution in [3.8, 4) is 5.75 Å². The highest BCUT2D eigenvalue weighted by Crippen LogP contribution is 2.20. The molecule has 0 radical (unpaired) electrons. The molecule has 0 fully saturated rings. The molecule has 7 nitrogen and oxygen atoms in total. The summed E-state index contributed by atoms with van der Waals surface area (Å²) in [5.41, 5.74) is 1.63. The van der Waals surface area contributed by atoms with Crippen LogP contribution in [0, 0.1) is 0 Å². The summed E-state index contributed by atoms with van der Waals surface area (Å²) >= 11 is 12.5. The number of aryl methyl sites for hydroxylation is 1. The van der Waals surface area contributed by atoms with Crippen LogP contribution in [-0.4, -0.2) is 36.3 Å². The van der Waals surface area contributed by atoms with Gasteiger partial charge in [0, 0.05) is 13.1 Å². The Labute approximate surface area is 226 Å². The summed E-state index contributed by atoms with van der Waals surface area (Å²) in [6.45, 7) is 1.10. The molecule has 1 heterocycles. The zero-order valence-corrected chi connectivity index (χ0v) is 21.6. The normalized spacial score (nSPS) is 11.3. The van der Waals surface area contributed by atoms with Gasteiger partial charge < -0.3 is 19.4 Å². The van der Waals surface area contributed by atoms with E-state index >= 15 is 0 Å². The number of pyridine rings is 1. The molecule has 0 aliphatic heterocycles. The van der Waals surface area contributed by atoms with Crippen LogP contribution in [0.5, 0.6) is 5.75 Å². The molecule has 0 saturated heterocycles. The average Bonchev–Trinajstić information content (AvgIpc) is 2.88. The summed E-state index contributed by atoms with van der Waals surface area (Å²) in [7, 11) is 1.60. The first-order valence-electron chi connectivity index (χ1n) is 11.3. The molecule has 3 rings (SSSR count). The van der Waals surface area contributed by atoms with Gasteiger partial charge in [-0.15, -0.1) is 0 Å². The molecular formula is C26H23Cl2F3N2O5. The Morgan fingerprint density at radius 2 is 1.68 bits per heavy atom. The van der Waals surface area contributed by atoms with Gasteiger partial charge in [0.1, 0.15) is 10.8 Å². The van der Waals surface area contributed by atoms with Crippen LogP contribution in [0.25, 0.3) is 0 Å². The Bertz CT molecular complexity index is 1360. The van der Waals surface area contributed by atoms with Crippen molar-refractivity contribution in [3.05, 3.63) is 97.4 Å². The first-order chi connectivity index (χ1) is 18.0. The highest BCUT2D eigenvalue weighted by atomic mass is 35.5. The zero-order chi connectivity index (χ0) is 27.9. The summed E-state index contributed by atoms with van der Waals surface area (Å²) in [6, 6.07) is 14.5. The Morgan fingerprint density at radius 3 is 2.34 bits per heavy atom. The number of methoxy groups -OCH3 is 1. The number of rotatable bonds is 10. The number of ether oxygens (including phenoxy) is 2. The molecule has 0 spiro atoms. The fraction of sp³-hybridized carbons (Fsp3) is 0.269. The standard InChI is InChI=1S/C26H23Cl2F3N2O5/c1-37-19-4-2-3-17(13-19)9-11-32-15-22-20(27)14-21(28)23(34)33(22)12-10-16-5-7-18(8-6-16)24(35)38-25(36)26(29,30)31/h2-8,13-14,32H,9-12,15H2,1H3. The van der Waals surface area contributed by atoms with E-state index in [4.69, 9.17) is 27.9 Å². The summed E-state index contributed by atoms with van der Waals surface area (Å²) in [6.07, 6.45) is -4.23. The SMILES string of the molecule is COc1cccc(CCNCc2c(Cl)cc(Cl)c(=O)n2CCc2ccc(C(=O)OC(=O)C(F)(F)F)cc2)c1. The third kappa shape index (κ3) is 7.83. The van der Waals surface area contributed by atoms with Crippen LogP contribution in [0.3, 0.4) is 0 Å². The minimum atomic E-state index is -5.28. The van der Waals surface area contributed by atoms with E-state index in [0.717, 1.165) is 17.7 Å². The third-order valence-corrected chi connectivity index (χ3v) is 6.15. The van der Waals surface area contributed by atoms with E-state index in [2.05, 4.69) is 10.1 Å². The van der Waals surface area contributed by atoms with Crippen LogP contribution in [0.2, 0.25) is 10.0 Å². The van der Waals surface area contributed by atoms with Crippen molar-refractivity contribution in [1.29, 1.82) is 0 Å². The molecule has 0 unspecified atom stereocenters. The molecule has 0 aliphatic carbocycles. The Balaban J connectivity index is 1.65. The van der Waals surface area contributed by atoms with Crippen molar-refractivity contribution in [3.63, 3.8) is 0 Å². The molecule has 202 valence electrons. The second-order valence-electron chi connectivity index (χ2n) is 8.14. The van der Waals surface area contributed by atoms with Crippen molar-refractivity contribution in [2.24, 2.45) is 0 Å². The minimum Gasteiger partial charge on any atom is -0.497 e. The maximum atomic E-state index is 12.8. The largest absolute Gasteiger partial charge is 0.497 e. The van der Waals surface area contributed by atoms with Crippen LogP contribution >= 0.6 is 23.2 Å². The number of esters is 2. The van der Waals surface area contributed by atoms with Gasteiger partial charge in [0.05, 0.1) is 23.4 Å². The van der Waals surface area contributed by atoms with Crippen LogP contribution < -0.4 is 15.6 Å². The fourth-order valence-corrected chi connectivity index (χ4v) is 4.11. The van der Waals surface area contributed by atoms with Gasteiger partial charge in [-0.2, -0.15) is 13.2 Å². The lowest BCUT2D eigenvalue weighted by Gasteiger charge is -2.16. The van der Waals surface area contributed by atoms with Crippen molar-refractivity contribution < 1.29 is 32.2 Å². The topological polar surface area (TPSA) is 86.6 Å². The first kappa shape index (κ1) is 29.2. The lowest BCUT2D eigenvalue weighted by molar-refractivity contribution is -0.193. The number of carbonyl (C=O) groups is 2. The Hall–Kier alpha value is -3.34. The van der Waals surface area contributed by atoms with Gasteiger partial charge in [-0.3, -0.25) is 4.79 Å². The minimum absolute atomic E-state index is 0.0393. The van der Waals surface area contributed by atoms with E-state index in [9.17, 15) is 27.6 Å². The molecular weight excluding hydrogens is 548 g/mol. The van der Waals surface area contributed by atoms with Gasteiger partial charge in [0.2, 0.25) is 0 Å². The Morgan fingerprint density at radius 1 is 0.974 bits per heavy atom. The lowest BCUT2D eigenvalue weighted by atomic mass is 10.1. The number of nitrogens with zero attached hydrogens (tertiary/aromatic N) is 1. The highest BCUT2D eigenvalue weighted by Gasteiger charge is 2.42. The molecule has 0 aliphatic rings. The van der Waals surface area contributed by atoms with E-state index in [-0.39, 0.29) is 17.1 Å². The number of aromatic nitrogens is 1. The highest BCUT2D eigenvalue weighted by molar-refractivity contribution is 6.34. The molecule has 1 aromatic heterocycles. The predicted molar refractivity (Wildman–Crippen MR) is 136 cm³/mol. The number of benzene rings is 2. The maximum absolute atomic E-state index is 12.8. The second kappa shape index (κ2) is 12.9. The molecule has 0 amide bonds. The summed E-state index contributed by atoms with van der Waals surface area (Å²) < 4.78 is 47.4. The molecule has 38 heavy (non-hydrogen) atoms. The van der Waals surface area contributed by atoms with Gasteiger partial charge >= 0.3 is 18.1 Å². The fourth-order valence-electron chi connectivity index (χ4n) is 3.57. The van der Waals surface area contributed by atoms with Crippen LogP contribution in [-0.2, 0) is 35.5 Å². The summed E-state index contributed by atoms with van der Waals surface area (Å²) in [4.78, 5) is 35.4. The van der Waals surface area contributed by atoms with Gasteiger partial charge in [0.15, 0.2) is 0 Å². The zero-order valence-electron chi connectivity index (χ0n) is 20.1. The molecule has 2 aromatic carbocycles. The van der Waals surface area contributed by atoms with E-state index in [1.54, 1.807) is 7.11 Å². The number of alkyl halides is 3. The van der Waals surface area contributed by atoms with Crippen LogP contribution in [0.1, 0.15) is 27.2 Å². The number of halogens is 5.